The van der Waals surface area contributed by atoms with Crippen LogP contribution in [0.25, 0.3) is 0 Å². The number of hydrogen-bond donors (Lipinski definition) is 0. The number of hydrogen-bond acceptors (Lipinski definition) is 5. The highest BCUT2D eigenvalue weighted by Gasteiger charge is 2.44. The van der Waals surface area contributed by atoms with Gasteiger partial charge in [0.15, 0.2) is 0 Å². The Morgan fingerprint density at radius 1 is 1.11 bits per heavy atom. The minimum Gasteiger partial charge on any atom is -0.496 e. The van der Waals surface area contributed by atoms with E-state index in [0.29, 0.717) is 23.6 Å². The Hall–Kier alpha value is -3.64. The number of benzene rings is 2. The summed E-state index contributed by atoms with van der Waals surface area (Å²) in [6, 6.07) is 20.8. The van der Waals surface area contributed by atoms with Crippen LogP contribution in [0, 0.1) is 34.5 Å². The zero-order valence-corrected chi connectivity index (χ0v) is 15.7. The van der Waals surface area contributed by atoms with Crippen molar-refractivity contribution in [2.24, 2.45) is 16.9 Å². The standard InChI is InChI=1S/C22H20N4O2/c1-15-20(22(27)26(25-15)14-16-8-4-3-5-9-16)21(17(12-23)13-24)18-10-6-7-11-19(18)28-2/h3-11,17,20-21H,14H2,1-2H3/t20-,21-/m0/s1. The first-order valence-corrected chi connectivity index (χ1v) is 8.93. The smallest absolute Gasteiger partial charge is 0.252 e. The van der Waals surface area contributed by atoms with Gasteiger partial charge in [0.1, 0.15) is 11.7 Å². The van der Waals surface area contributed by atoms with Gasteiger partial charge >= 0.3 is 0 Å². The lowest BCUT2D eigenvalue weighted by molar-refractivity contribution is -0.133. The zero-order chi connectivity index (χ0) is 20.1. The lowest BCUT2D eigenvalue weighted by atomic mass is 9.75. The summed E-state index contributed by atoms with van der Waals surface area (Å²) in [5.74, 6) is -2.03. The predicted molar refractivity (Wildman–Crippen MR) is 104 cm³/mol. The fraction of sp³-hybridized carbons (Fsp3) is 0.273. The maximum atomic E-state index is 13.2. The summed E-state index contributed by atoms with van der Waals surface area (Å²) in [6.45, 7) is 2.11. The molecule has 1 aliphatic rings. The topological polar surface area (TPSA) is 89.5 Å². The van der Waals surface area contributed by atoms with Gasteiger partial charge in [-0.1, -0.05) is 48.5 Å². The minimum atomic E-state index is -1.01. The average Bonchev–Trinajstić information content (AvgIpc) is 3.00. The SMILES string of the molecule is COc1ccccc1[C@H](C(C#N)C#N)[C@H]1C(=O)N(Cc2ccccc2)N=C1C. The number of methoxy groups -OCH3 is 1. The zero-order valence-electron chi connectivity index (χ0n) is 15.7. The van der Waals surface area contributed by atoms with Crippen LogP contribution in [0.1, 0.15) is 24.0 Å². The van der Waals surface area contributed by atoms with E-state index in [4.69, 9.17) is 4.74 Å². The number of ether oxygens (including phenoxy) is 1. The Bertz CT molecular complexity index is 958. The molecule has 0 radical (unpaired) electrons. The monoisotopic (exact) mass is 372 g/mol. The van der Waals surface area contributed by atoms with E-state index < -0.39 is 17.8 Å². The highest BCUT2D eigenvalue weighted by molar-refractivity contribution is 6.07. The Morgan fingerprint density at radius 2 is 1.75 bits per heavy atom. The molecule has 0 aromatic heterocycles. The summed E-state index contributed by atoms with van der Waals surface area (Å²) in [7, 11) is 1.53. The Kier molecular flexibility index (Phi) is 5.72. The summed E-state index contributed by atoms with van der Waals surface area (Å²) in [4.78, 5) is 13.2. The number of carbonyl (C=O) groups excluding carboxylic acids is 1. The maximum absolute atomic E-state index is 13.2. The third-order valence-electron chi connectivity index (χ3n) is 4.92. The van der Waals surface area contributed by atoms with Gasteiger partial charge in [-0.05, 0) is 18.6 Å². The van der Waals surface area contributed by atoms with Gasteiger partial charge < -0.3 is 4.74 Å². The van der Waals surface area contributed by atoms with Gasteiger partial charge in [0, 0.05) is 17.2 Å². The molecule has 1 amide bonds. The molecular formula is C22H20N4O2. The fourth-order valence-electron chi connectivity index (χ4n) is 3.61. The van der Waals surface area contributed by atoms with Crippen LogP contribution in [0.15, 0.2) is 59.7 Å². The van der Waals surface area contributed by atoms with Gasteiger partial charge in [0.25, 0.3) is 5.91 Å². The molecule has 6 heteroatoms. The van der Waals surface area contributed by atoms with E-state index in [1.54, 1.807) is 19.1 Å². The van der Waals surface area contributed by atoms with Crippen molar-refractivity contribution in [3.8, 4) is 17.9 Å². The van der Waals surface area contributed by atoms with E-state index in [-0.39, 0.29) is 5.91 Å². The molecule has 28 heavy (non-hydrogen) atoms. The lowest BCUT2D eigenvalue weighted by Gasteiger charge is -2.25. The average molecular weight is 372 g/mol. The Morgan fingerprint density at radius 3 is 2.39 bits per heavy atom. The number of carbonyl (C=O) groups is 1. The Labute approximate surface area is 164 Å². The fourth-order valence-corrected chi connectivity index (χ4v) is 3.61. The van der Waals surface area contributed by atoms with Gasteiger partial charge in [-0.3, -0.25) is 4.79 Å². The predicted octanol–water partition coefficient (Wildman–Crippen LogP) is 3.48. The van der Waals surface area contributed by atoms with Crippen molar-refractivity contribution in [2.75, 3.05) is 7.11 Å². The first-order valence-electron chi connectivity index (χ1n) is 8.93. The van der Waals surface area contributed by atoms with Gasteiger partial charge in [0.2, 0.25) is 0 Å². The van der Waals surface area contributed by atoms with E-state index in [1.165, 1.54) is 12.1 Å². The molecule has 0 N–H and O–H groups in total. The summed E-state index contributed by atoms with van der Waals surface area (Å²) in [5.41, 5.74) is 2.21. The third kappa shape index (κ3) is 3.58. The molecule has 0 unspecified atom stereocenters. The summed E-state index contributed by atoms with van der Waals surface area (Å²) < 4.78 is 5.43. The van der Waals surface area contributed by atoms with Crippen LogP contribution in [0.3, 0.4) is 0 Å². The number of nitrogens with zero attached hydrogens (tertiary/aromatic N) is 4. The second-order valence-corrected chi connectivity index (χ2v) is 6.60. The Balaban J connectivity index is 1.99. The molecule has 1 aliphatic heterocycles. The molecule has 2 aromatic carbocycles. The highest BCUT2D eigenvalue weighted by atomic mass is 16.5. The third-order valence-corrected chi connectivity index (χ3v) is 4.92. The van der Waals surface area contributed by atoms with Crippen molar-refractivity contribution in [3.05, 3.63) is 65.7 Å². The van der Waals surface area contributed by atoms with E-state index in [2.05, 4.69) is 5.10 Å². The second-order valence-electron chi connectivity index (χ2n) is 6.60. The molecule has 140 valence electrons. The molecule has 0 aliphatic carbocycles. The largest absolute Gasteiger partial charge is 0.496 e. The van der Waals surface area contributed by atoms with Crippen molar-refractivity contribution >= 4 is 11.6 Å². The lowest BCUT2D eigenvalue weighted by Crippen LogP contribution is -2.34. The van der Waals surface area contributed by atoms with Gasteiger partial charge in [-0.2, -0.15) is 15.6 Å². The van der Waals surface area contributed by atoms with Crippen molar-refractivity contribution in [2.45, 2.75) is 19.4 Å². The van der Waals surface area contributed by atoms with Gasteiger partial charge in [-0.25, -0.2) is 5.01 Å². The van der Waals surface area contributed by atoms with Crippen molar-refractivity contribution in [1.29, 1.82) is 10.5 Å². The number of rotatable bonds is 6. The molecule has 3 rings (SSSR count). The first kappa shape index (κ1) is 19.1. The van der Waals surface area contributed by atoms with Crippen LogP contribution < -0.4 is 4.74 Å². The van der Waals surface area contributed by atoms with Crippen LogP contribution in [0.4, 0.5) is 0 Å². The van der Waals surface area contributed by atoms with Crippen LogP contribution >= 0.6 is 0 Å². The summed E-state index contributed by atoms with van der Waals surface area (Å²) in [6.07, 6.45) is 0. The van der Waals surface area contributed by atoms with Crippen LogP contribution in [-0.4, -0.2) is 23.7 Å². The van der Waals surface area contributed by atoms with Crippen molar-refractivity contribution in [1.82, 2.24) is 5.01 Å². The molecule has 0 fully saturated rings. The number of para-hydroxylation sites is 1. The van der Waals surface area contributed by atoms with Crippen molar-refractivity contribution in [3.63, 3.8) is 0 Å². The molecule has 6 nitrogen and oxygen atoms in total. The first-order chi connectivity index (χ1) is 13.6. The molecule has 0 saturated carbocycles. The molecule has 1 heterocycles. The summed E-state index contributed by atoms with van der Waals surface area (Å²) in [5, 5.41) is 25.0. The van der Waals surface area contributed by atoms with E-state index >= 15 is 0 Å². The van der Waals surface area contributed by atoms with Crippen LogP contribution in [0.2, 0.25) is 0 Å². The minimum absolute atomic E-state index is 0.215. The van der Waals surface area contributed by atoms with E-state index in [9.17, 15) is 15.3 Å². The number of nitriles is 2. The molecule has 0 spiro atoms. The van der Waals surface area contributed by atoms with Crippen LogP contribution in [-0.2, 0) is 11.3 Å². The molecule has 2 aromatic rings. The molecule has 0 saturated heterocycles. The quantitative estimate of drug-likeness (QED) is 0.776. The van der Waals surface area contributed by atoms with Crippen LogP contribution in [0.5, 0.6) is 5.75 Å². The molecular weight excluding hydrogens is 352 g/mol. The highest BCUT2D eigenvalue weighted by Crippen LogP contribution is 2.41. The van der Waals surface area contributed by atoms with E-state index in [0.717, 1.165) is 5.56 Å². The normalized spacial score (nSPS) is 17.0. The summed E-state index contributed by atoms with van der Waals surface area (Å²) >= 11 is 0. The van der Waals surface area contributed by atoms with Crippen molar-refractivity contribution < 1.29 is 9.53 Å². The van der Waals surface area contributed by atoms with Gasteiger partial charge in [-0.15, -0.1) is 0 Å². The number of hydrazone groups is 1. The maximum Gasteiger partial charge on any atom is 0.252 e. The second kappa shape index (κ2) is 8.37. The molecule has 0 bridgehead atoms. The van der Waals surface area contributed by atoms with E-state index in [1.807, 2.05) is 54.6 Å². The molecule has 2 atom stereocenters. The number of amides is 1. The van der Waals surface area contributed by atoms with Gasteiger partial charge in [0.05, 0.1) is 31.7 Å².